The predicted molar refractivity (Wildman–Crippen MR) is 87.5 cm³/mol. The van der Waals surface area contributed by atoms with Gasteiger partial charge in [0, 0.05) is 25.7 Å². The Morgan fingerprint density at radius 1 is 1.29 bits per heavy atom. The van der Waals surface area contributed by atoms with Crippen molar-refractivity contribution in [3.05, 3.63) is 0 Å². The van der Waals surface area contributed by atoms with E-state index in [0.717, 1.165) is 32.0 Å². The monoisotopic (exact) mass is 298 g/mol. The van der Waals surface area contributed by atoms with Gasteiger partial charge in [-0.3, -0.25) is 0 Å². The van der Waals surface area contributed by atoms with Crippen LogP contribution in [0.25, 0.3) is 0 Å². The van der Waals surface area contributed by atoms with E-state index in [0.29, 0.717) is 6.04 Å². The molecule has 0 radical (unpaired) electrons. The van der Waals surface area contributed by atoms with Crippen molar-refractivity contribution in [3.8, 4) is 0 Å². The molecule has 0 saturated heterocycles. The number of hydrogen-bond acceptors (Lipinski definition) is 3. The first-order valence-electron chi connectivity index (χ1n) is 8.53. The highest BCUT2D eigenvalue weighted by atomic mass is 16.6. The second kappa shape index (κ2) is 8.62. The summed E-state index contributed by atoms with van der Waals surface area (Å²) in [5, 5.41) is 3.61. The molecule has 1 fully saturated rings. The molecule has 1 N–H and O–H groups in total. The molecule has 4 heteroatoms. The summed E-state index contributed by atoms with van der Waals surface area (Å²) >= 11 is 0. The SMILES string of the molecule is CCCN(CCNC1CCCC(C)C1)C(=O)OC(C)(C)C. The van der Waals surface area contributed by atoms with Crippen LogP contribution in [0.2, 0.25) is 0 Å². The summed E-state index contributed by atoms with van der Waals surface area (Å²) < 4.78 is 5.47. The molecule has 1 aliphatic carbocycles. The lowest BCUT2D eigenvalue weighted by molar-refractivity contribution is 0.0249. The van der Waals surface area contributed by atoms with Gasteiger partial charge >= 0.3 is 6.09 Å². The lowest BCUT2D eigenvalue weighted by Gasteiger charge is -2.30. The van der Waals surface area contributed by atoms with Gasteiger partial charge in [0.2, 0.25) is 0 Å². The van der Waals surface area contributed by atoms with Gasteiger partial charge in [0.05, 0.1) is 0 Å². The first kappa shape index (κ1) is 18.3. The maximum Gasteiger partial charge on any atom is 0.410 e. The maximum absolute atomic E-state index is 12.2. The number of carbonyl (C=O) groups excluding carboxylic acids is 1. The fraction of sp³-hybridized carbons (Fsp3) is 0.941. The fourth-order valence-electron chi connectivity index (χ4n) is 2.91. The Balaban J connectivity index is 2.35. The number of nitrogens with zero attached hydrogens (tertiary/aromatic N) is 1. The quantitative estimate of drug-likeness (QED) is 0.811. The summed E-state index contributed by atoms with van der Waals surface area (Å²) in [5.41, 5.74) is -0.421. The maximum atomic E-state index is 12.2. The van der Waals surface area contributed by atoms with E-state index in [-0.39, 0.29) is 6.09 Å². The highest BCUT2D eigenvalue weighted by Gasteiger charge is 2.22. The van der Waals surface area contributed by atoms with E-state index in [2.05, 4.69) is 19.2 Å². The van der Waals surface area contributed by atoms with Crippen molar-refractivity contribution in [1.82, 2.24) is 10.2 Å². The summed E-state index contributed by atoms with van der Waals surface area (Å²) in [6, 6.07) is 0.621. The summed E-state index contributed by atoms with van der Waals surface area (Å²) in [4.78, 5) is 14.0. The molecule has 0 aromatic carbocycles. The van der Waals surface area contributed by atoms with Crippen LogP contribution >= 0.6 is 0 Å². The number of carbonyl (C=O) groups is 1. The average Bonchev–Trinajstić information content (AvgIpc) is 2.35. The molecule has 1 aliphatic rings. The lowest BCUT2D eigenvalue weighted by atomic mass is 9.87. The summed E-state index contributed by atoms with van der Waals surface area (Å²) in [6.07, 6.45) is 5.98. The van der Waals surface area contributed by atoms with Gasteiger partial charge in [0.1, 0.15) is 5.60 Å². The fourth-order valence-corrected chi connectivity index (χ4v) is 2.91. The minimum atomic E-state index is -0.421. The van der Waals surface area contributed by atoms with Crippen LogP contribution in [0.3, 0.4) is 0 Å². The van der Waals surface area contributed by atoms with Crippen LogP contribution in [-0.4, -0.2) is 42.3 Å². The topological polar surface area (TPSA) is 41.6 Å². The van der Waals surface area contributed by atoms with Crippen molar-refractivity contribution < 1.29 is 9.53 Å². The summed E-state index contributed by atoms with van der Waals surface area (Å²) in [6.45, 7) is 12.5. The van der Waals surface area contributed by atoms with Gasteiger partial charge in [0.15, 0.2) is 0 Å². The molecule has 1 saturated carbocycles. The molecule has 0 spiro atoms. The van der Waals surface area contributed by atoms with Crippen molar-refractivity contribution in [2.45, 2.75) is 78.4 Å². The third kappa shape index (κ3) is 7.70. The zero-order valence-electron chi connectivity index (χ0n) is 14.6. The second-order valence-corrected chi connectivity index (χ2v) is 7.39. The Kier molecular flexibility index (Phi) is 7.50. The Morgan fingerprint density at radius 3 is 2.57 bits per heavy atom. The minimum absolute atomic E-state index is 0.192. The Morgan fingerprint density at radius 2 is 2.00 bits per heavy atom. The molecular weight excluding hydrogens is 264 g/mol. The van der Waals surface area contributed by atoms with Crippen LogP contribution < -0.4 is 5.32 Å². The second-order valence-electron chi connectivity index (χ2n) is 7.39. The van der Waals surface area contributed by atoms with Gasteiger partial charge in [0.25, 0.3) is 0 Å². The van der Waals surface area contributed by atoms with E-state index in [1.807, 2.05) is 25.7 Å². The van der Waals surface area contributed by atoms with Gasteiger partial charge in [-0.05, 0) is 46.0 Å². The number of nitrogens with one attached hydrogen (secondary N) is 1. The van der Waals surface area contributed by atoms with Gasteiger partial charge in [-0.1, -0.05) is 26.7 Å². The zero-order valence-corrected chi connectivity index (χ0v) is 14.6. The van der Waals surface area contributed by atoms with Crippen LogP contribution in [0.1, 0.15) is 66.7 Å². The molecule has 2 atom stereocenters. The van der Waals surface area contributed by atoms with Crippen molar-refractivity contribution in [1.29, 1.82) is 0 Å². The highest BCUT2D eigenvalue weighted by molar-refractivity contribution is 5.68. The molecule has 0 aromatic rings. The van der Waals surface area contributed by atoms with E-state index in [1.54, 1.807) is 0 Å². The van der Waals surface area contributed by atoms with Crippen LogP contribution in [0.15, 0.2) is 0 Å². The summed E-state index contributed by atoms with van der Waals surface area (Å²) in [7, 11) is 0. The first-order valence-corrected chi connectivity index (χ1v) is 8.53. The molecule has 1 rings (SSSR count). The minimum Gasteiger partial charge on any atom is -0.444 e. The smallest absolute Gasteiger partial charge is 0.410 e. The molecule has 0 bridgehead atoms. The van der Waals surface area contributed by atoms with Gasteiger partial charge in [-0.25, -0.2) is 4.79 Å². The molecular formula is C17H34N2O2. The largest absolute Gasteiger partial charge is 0.444 e. The van der Waals surface area contributed by atoms with E-state index < -0.39 is 5.60 Å². The van der Waals surface area contributed by atoms with Gasteiger partial charge in [-0.2, -0.15) is 0 Å². The zero-order chi connectivity index (χ0) is 15.9. The third-order valence-corrected chi connectivity index (χ3v) is 3.90. The molecule has 21 heavy (non-hydrogen) atoms. The van der Waals surface area contributed by atoms with Gasteiger partial charge in [-0.15, -0.1) is 0 Å². The first-order chi connectivity index (χ1) is 9.81. The standard InChI is InChI=1S/C17H34N2O2/c1-6-11-19(16(20)21-17(3,4)5)12-10-18-15-9-7-8-14(2)13-15/h14-15,18H,6-13H2,1-5H3. The van der Waals surface area contributed by atoms with Gasteiger partial charge < -0.3 is 15.0 Å². The molecule has 4 nitrogen and oxygen atoms in total. The van der Waals surface area contributed by atoms with E-state index in [9.17, 15) is 4.79 Å². The normalized spacial score (nSPS) is 22.9. The van der Waals surface area contributed by atoms with E-state index >= 15 is 0 Å². The van der Waals surface area contributed by atoms with E-state index in [1.165, 1.54) is 25.7 Å². The van der Waals surface area contributed by atoms with Crippen molar-refractivity contribution >= 4 is 6.09 Å². The average molecular weight is 298 g/mol. The Labute approximate surface area is 130 Å². The molecule has 0 heterocycles. The molecule has 2 unspecified atom stereocenters. The van der Waals surface area contributed by atoms with Crippen molar-refractivity contribution in [2.75, 3.05) is 19.6 Å². The van der Waals surface area contributed by atoms with E-state index in [4.69, 9.17) is 4.74 Å². The van der Waals surface area contributed by atoms with Crippen molar-refractivity contribution in [2.24, 2.45) is 5.92 Å². The van der Waals surface area contributed by atoms with Crippen LogP contribution in [0.4, 0.5) is 4.79 Å². The number of rotatable bonds is 6. The third-order valence-electron chi connectivity index (χ3n) is 3.90. The molecule has 0 aliphatic heterocycles. The highest BCUT2D eigenvalue weighted by Crippen LogP contribution is 2.23. The molecule has 1 amide bonds. The number of amides is 1. The predicted octanol–water partition coefficient (Wildman–Crippen LogP) is 3.80. The molecule has 0 aromatic heterocycles. The van der Waals surface area contributed by atoms with Crippen molar-refractivity contribution in [3.63, 3.8) is 0 Å². The Bertz CT molecular complexity index is 312. The van der Waals surface area contributed by atoms with Crippen LogP contribution in [0, 0.1) is 5.92 Å². The Hall–Kier alpha value is -0.770. The number of hydrogen-bond donors (Lipinski definition) is 1. The summed E-state index contributed by atoms with van der Waals surface area (Å²) in [5.74, 6) is 0.828. The lowest BCUT2D eigenvalue weighted by Crippen LogP contribution is -2.43. The van der Waals surface area contributed by atoms with Crippen LogP contribution in [0.5, 0.6) is 0 Å². The molecule has 124 valence electrons. The van der Waals surface area contributed by atoms with Crippen LogP contribution in [-0.2, 0) is 4.74 Å². The number of ether oxygens (including phenoxy) is 1.